The summed E-state index contributed by atoms with van der Waals surface area (Å²) in [6, 6.07) is 23.6. The summed E-state index contributed by atoms with van der Waals surface area (Å²) < 4.78 is 15.3. The lowest BCUT2D eigenvalue weighted by atomic mass is 10.2. The molecule has 0 atom stereocenters. The van der Waals surface area contributed by atoms with Crippen LogP contribution in [-0.2, 0) is 13.0 Å². The molecule has 5 heteroatoms. The average molecular weight is 373 g/mol. The highest BCUT2D eigenvalue weighted by Crippen LogP contribution is 2.18. The smallest absolute Gasteiger partial charge is 0.251 e. The maximum Gasteiger partial charge on any atom is 0.251 e. The summed E-state index contributed by atoms with van der Waals surface area (Å²) in [6.07, 6.45) is 0.606. The minimum absolute atomic E-state index is 0.0956. The summed E-state index contributed by atoms with van der Waals surface area (Å²) in [5, 5.41) is 2.95. The highest BCUT2D eigenvalue weighted by atomic mass is 19.1. The van der Waals surface area contributed by atoms with Crippen molar-refractivity contribution in [2.75, 3.05) is 6.54 Å². The monoisotopic (exact) mass is 373 g/mol. The molecule has 4 nitrogen and oxygen atoms in total. The molecule has 1 amide bonds. The Morgan fingerprint density at radius 3 is 2.43 bits per heavy atom. The number of nitrogens with zero attached hydrogens (tertiary/aromatic N) is 2. The normalized spacial score (nSPS) is 10.9. The largest absolute Gasteiger partial charge is 0.352 e. The van der Waals surface area contributed by atoms with Crippen LogP contribution in [0.3, 0.4) is 0 Å². The van der Waals surface area contributed by atoms with E-state index in [0.717, 1.165) is 22.4 Å². The Balaban J connectivity index is 1.53. The first kappa shape index (κ1) is 17.9. The molecule has 0 fully saturated rings. The van der Waals surface area contributed by atoms with Crippen LogP contribution >= 0.6 is 0 Å². The van der Waals surface area contributed by atoms with E-state index in [4.69, 9.17) is 4.98 Å². The van der Waals surface area contributed by atoms with Crippen LogP contribution in [0.15, 0.2) is 78.9 Å². The maximum atomic E-state index is 13.2. The van der Waals surface area contributed by atoms with Crippen LogP contribution in [0.5, 0.6) is 0 Å². The predicted molar refractivity (Wildman–Crippen MR) is 108 cm³/mol. The summed E-state index contributed by atoms with van der Waals surface area (Å²) in [6.45, 7) is 1.09. The van der Waals surface area contributed by atoms with Crippen LogP contribution in [0, 0.1) is 5.82 Å². The number of carbonyl (C=O) groups excluding carboxylic acids is 1. The van der Waals surface area contributed by atoms with Gasteiger partial charge in [0.25, 0.3) is 5.91 Å². The summed E-state index contributed by atoms with van der Waals surface area (Å²) in [4.78, 5) is 17.0. The minimum Gasteiger partial charge on any atom is -0.352 e. The van der Waals surface area contributed by atoms with Crippen molar-refractivity contribution in [2.24, 2.45) is 0 Å². The maximum absolute atomic E-state index is 13.2. The van der Waals surface area contributed by atoms with Gasteiger partial charge in [0.2, 0.25) is 0 Å². The zero-order valence-corrected chi connectivity index (χ0v) is 15.3. The van der Waals surface area contributed by atoms with Crippen LogP contribution in [0.4, 0.5) is 4.39 Å². The third kappa shape index (κ3) is 3.93. The molecule has 0 saturated carbocycles. The zero-order chi connectivity index (χ0) is 19.3. The van der Waals surface area contributed by atoms with Gasteiger partial charge in [-0.25, -0.2) is 9.37 Å². The molecular weight excluding hydrogens is 353 g/mol. The zero-order valence-electron chi connectivity index (χ0n) is 15.3. The predicted octanol–water partition coefficient (Wildman–Crippen LogP) is 4.20. The second-order valence-corrected chi connectivity index (χ2v) is 6.60. The Hall–Kier alpha value is -3.47. The van der Waals surface area contributed by atoms with Crippen molar-refractivity contribution < 1.29 is 9.18 Å². The molecule has 1 heterocycles. The van der Waals surface area contributed by atoms with Crippen molar-refractivity contribution in [3.8, 4) is 0 Å². The summed E-state index contributed by atoms with van der Waals surface area (Å²) in [5.41, 5.74) is 3.58. The number of amides is 1. The lowest BCUT2D eigenvalue weighted by Crippen LogP contribution is -2.26. The molecule has 0 aliphatic rings. The average Bonchev–Trinajstić information content (AvgIpc) is 3.07. The molecule has 4 rings (SSSR count). The van der Waals surface area contributed by atoms with Gasteiger partial charge < -0.3 is 9.88 Å². The number of benzene rings is 3. The molecule has 0 saturated heterocycles. The van der Waals surface area contributed by atoms with Crippen molar-refractivity contribution in [3.05, 3.63) is 102 Å². The number of hydrogen-bond donors (Lipinski definition) is 1. The first-order valence-electron chi connectivity index (χ1n) is 9.22. The van der Waals surface area contributed by atoms with Gasteiger partial charge in [0.15, 0.2) is 0 Å². The van der Waals surface area contributed by atoms with Gasteiger partial charge >= 0.3 is 0 Å². The molecule has 140 valence electrons. The second-order valence-electron chi connectivity index (χ2n) is 6.60. The number of carbonyl (C=O) groups is 1. The number of fused-ring (bicyclic) bond motifs is 1. The molecule has 0 spiro atoms. The third-order valence-electron chi connectivity index (χ3n) is 4.66. The van der Waals surface area contributed by atoms with Gasteiger partial charge in [-0.2, -0.15) is 0 Å². The van der Waals surface area contributed by atoms with E-state index in [1.165, 1.54) is 12.1 Å². The Labute approximate surface area is 162 Å². The van der Waals surface area contributed by atoms with Gasteiger partial charge in [0.05, 0.1) is 11.0 Å². The quantitative estimate of drug-likeness (QED) is 0.551. The van der Waals surface area contributed by atoms with Crippen molar-refractivity contribution in [1.29, 1.82) is 0 Å². The molecule has 3 aromatic carbocycles. The summed E-state index contributed by atoms with van der Waals surface area (Å²) in [5.74, 6) is 0.545. The van der Waals surface area contributed by atoms with Crippen molar-refractivity contribution in [2.45, 2.75) is 13.0 Å². The number of hydrogen-bond acceptors (Lipinski definition) is 2. The summed E-state index contributed by atoms with van der Waals surface area (Å²) in [7, 11) is 0. The Bertz CT molecular complexity index is 1090. The number of imidazole rings is 1. The molecule has 0 aliphatic carbocycles. The van der Waals surface area contributed by atoms with E-state index in [0.29, 0.717) is 25.1 Å². The number of rotatable bonds is 6. The number of nitrogens with one attached hydrogen (secondary N) is 1. The van der Waals surface area contributed by atoms with Crippen molar-refractivity contribution in [1.82, 2.24) is 14.9 Å². The minimum atomic E-state index is -0.247. The third-order valence-corrected chi connectivity index (χ3v) is 4.66. The fourth-order valence-corrected chi connectivity index (χ4v) is 3.24. The van der Waals surface area contributed by atoms with Gasteiger partial charge in [0, 0.05) is 25.1 Å². The first-order valence-corrected chi connectivity index (χ1v) is 9.22. The van der Waals surface area contributed by atoms with Gasteiger partial charge in [0.1, 0.15) is 11.6 Å². The molecule has 4 aromatic rings. The standard InChI is InChI=1S/C23H20FN3O/c24-19-12-10-17(11-13-19)16-27-21-9-5-4-8-20(21)26-22(27)14-15-25-23(28)18-6-2-1-3-7-18/h1-13H,14-16H2,(H,25,28). The Morgan fingerprint density at radius 2 is 1.64 bits per heavy atom. The molecule has 0 aliphatic heterocycles. The van der Waals surface area contributed by atoms with E-state index < -0.39 is 0 Å². The van der Waals surface area contributed by atoms with E-state index >= 15 is 0 Å². The highest BCUT2D eigenvalue weighted by molar-refractivity contribution is 5.94. The molecule has 0 unspecified atom stereocenters. The number of halogens is 1. The summed E-state index contributed by atoms with van der Waals surface area (Å²) >= 11 is 0. The van der Waals surface area contributed by atoms with Crippen LogP contribution < -0.4 is 5.32 Å². The number of para-hydroxylation sites is 2. The Kier molecular flexibility index (Phi) is 5.15. The van der Waals surface area contributed by atoms with E-state index in [1.54, 1.807) is 24.3 Å². The topological polar surface area (TPSA) is 46.9 Å². The van der Waals surface area contributed by atoms with E-state index in [2.05, 4.69) is 9.88 Å². The Morgan fingerprint density at radius 1 is 0.929 bits per heavy atom. The lowest BCUT2D eigenvalue weighted by molar-refractivity contribution is 0.0954. The van der Waals surface area contributed by atoms with Crippen molar-refractivity contribution in [3.63, 3.8) is 0 Å². The van der Waals surface area contributed by atoms with Crippen LogP contribution in [0.2, 0.25) is 0 Å². The van der Waals surface area contributed by atoms with E-state index in [1.807, 2.05) is 42.5 Å². The fourth-order valence-electron chi connectivity index (χ4n) is 3.24. The van der Waals surface area contributed by atoms with Crippen LogP contribution in [0.25, 0.3) is 11.0 Å². The van der Waals surface area contributed by atoms with E-state index in [9.17, 15) is 9.18 Å². The second kappa shape index (κ2) is 8.05. The molecule has 1 N–H and O–H groups in total. The van der Waals surface area contributed by atoms with Gasteiger partial charge in [-0.15, -0.1) is 0 Å². The highest BCUT2D eigenvalue weighted by Gasteiger charge is 2.12. The van der Waals surface area contributed by atoms with Crippen LogP contribution in [0.1, 0.15) is 21.7 Å². The molecular formula is C23H20FN3O. The van der Waals surface area contributed by atoms with Gasteiger partial charge in [-0.1, -0.05) is 42.5 Å². The number of aromatic nitrogens is 2. The fraction of sp³-hybridized carbons (Fsp3) is 0.130. The lowest BCUT2D eigenvalue weighted by Gasteiger charge is -2.10. The van der Waals surface area contributed by atoms with Crippen LogP contribution in [-0.4, -0.2) is 22.0 Å². The molecule has 1 aromatic heterocycles. The molecule has 0 bridgehead atoms. The first-order chi connectivity index (χ1) is 13.7. The molecule has 0 radical (unpaired) electrons. The van der Waals surface area contributed by atoms with Crippen molar-refractivity contribution >= 4 is 16.9 Å². The van der Waals surface area contributed by atoms with Gasteiger partial charge in [-0.05, 0) is 42.0 Å². The SMILES string of the molecule is O=C(NCCc1nc2ccccc2n1Cc1ccc(F)cc1)c1ccccc1. The molecule has 28 heavy (non-hydrogen) atoms. The van der Waals surface area contributed by atoms with E-state index in [-0.39, 0.29) is 11.7 Å². The van der Waals surface area contributed by atoms with Gasteiger partial charge in [-0.3, -0.25) is 4.79 Å².